The van der Waals surface area contributed by atoms with Gasteiger partial charge in [0.05, 0.1) is 23.4 Å². The molecule has 1 aliphatic rings. The highest BCUT2D eigenvalue weighted by atomic mass is 32.1. The first-order valence-corrected chi connectivity index (χ1v) is 8.23. The van der Waals surface area contributed by atoms with E-state index in [1.165, 1.54) is 6.42 Å². The van der Waals surface area contributed by atoms with Crippen LogP contribution in [0, 0.1) is 13.8 Å². The van der Waals surface area contributed by atoms with Crippen molar-refractivity contribution in [3.63, 3.8) is 0 Å². The summed E-state index contributed by atoms with van der Waals surface area (Å²) in [6.07, 6.45) is 2.99. The molecule has 3 heterocycles. The minimum atomic E-state index is 0.546. The molecule has 1 saturated heterocycles. The van der Waals surface area contributed by atoms with Crippen LogP contribution in [0.1, 0.15) is 28.8 Å². The Morgan fingerprint density at radius 3 is 2.86 bits per heavy atom. The molecule has 0 unspecified atom stereocenters. The van der Waals surface area contributed by atoms with Gasteiger partial charge in [0.1, 0.15) is 5.76 Å². The van der Waals surface area contributed by atoms with Gasteiger partial charge in [-0.2, -0.15) is 0 Å². The summed E-state index contributed by atoms with van der Waals surface area (Å²) in [6.45, 7) is 7.87. The van der Waals surface area contributed by atoms with Crippen LogP contribution in [0.2, 0.25) is 0 Å². The molecule has 0 amide bonds. The number of hydrogen-bond acceptors (Lipinski definition) is 6. The molecule has 0 aliphatic carbocycles. The Morgan fingerprint density at radius 2 is 2.29 bits per heavy atom. The fraction of sp³-hybridized carbons (Fsp3) is 0.600. The third-order valence-corrected chi connectivity index (χ3v) is 4.74. The Labute approximate surface area is 129 Å². The Hall–Kier alpha value is -1.24. The molecule has 1 aliphatic heterocycles. The fourth-order valence-corrected chi connectivity index (χ4v) is 3.46. The molecule has 6 heteroatoms. The number of aromatic nitrogens is 2. The molecule has 5 nitrogen and oxygen atoms in total. The van der Waals surface area contributed by atoms with E-state index < -0.39 is 0 Å². The minimum Gasteiger partial charge on any atom is -0.445 e. The zero-order chi connectivity index (χ0) is 14.8. The molecule has 3 rings (SSSR count). The lowest BCUT2D eigenvalue weighted by atomic mass is 10.2. The Morgan fingerprint density at radius 1 is 1.43 bits per heavy atom. The summed E-state index contributed by atoms with van der Waals surface area (Å²) >= 11 is 1.71. The van der Waals surface area contributed by atoms with Crippen LogP contribution in [0.15, 0.2) is 16.0 Å². The largest absolute Gasteiger partial charge is 0.445 e. The first-order chi connectivity index (χ1) is 10.1. The number of hydrogen-bond donors (Lipinski definition) is 0. The van der Waals surface area contributed by atoms with Crippen LogP contribution in [0.25, 0.3) is 0 Å². The Kier molecular flexibility index (Phi) is 4.37. The van der Waals surface area contributed by atoms with Crippen molar-refractivity contribution in [3.8, 4) is 0 Å². The van der Waals surface area contributed by atoms with Gasteiger partial charge in [-0.05, 0) is 33.9 Å². The molecule has 2 aromatic rings. The number of likely N-dealkylation sites (N-methyl/N-ethyl adjacent to an activating group) is 1. The summed E-state index contributed by atoms with van der Waals surface area (Å²) in [6, 6.07) is 0.546. The molecule has 0 spiro atoms. The van der Waals surface area contributed by atoms with Gasteiger partial charge < -0.3 is 9.32 Å². The van der Waals surface area contributed by atoms with Crippen molar-refractivity contribution in [3.05, 3.63) is 33.9 Å². The molecule has 1 fully saturated rings. The number of rotatable bonds is 5. The summed E-state index contributed by atoms with van der Waals surface area (Å²) in [7, 11) is 2.18. The van der Waals surface area contributed by atoms with Gasteiger partial charge >= 0.3 is 0 Å². The number of nitrogens with zero attached hydrogens (tertiary/aromatic N) is 4. The van der Waals surface area contributed by atoms with Crippen molar-refractivity contribution in [1.29, 1.82) is 0 Å². The van der Waals surface area contributed by atoms with Gasteiger partial charge in [-0.25, -0.2) is 9.97 Å². The molecule has 21 heavy (non-hydrogen) atoms. The highest BCUT2D eigenvalue weighted by molar-refractivity contribution is 7.09. The summed E-state index contributed by atoms with van der Waals surface area (Å²) in [5.74, 6) is 1.67. The van der Waals surface area contributed by atoms with Gasteiger partial charge in [0.2, 0.25) is 5.89 Å². The van der Waals surface area contributed by atoms with E-state index in [0.29, 0.717) is 6.04 Å². The molecular formula is C15H22N4OS. The standard InChI is InChI=1S/C15H22N4OS/c1-11-6-16-15(20-11)9-19(14-4-5-18(3)8-14)7-13-10-21-12(2)17-13/h6,10,14H,4-5,7-9H2,1-3H3/t14-/m0/s1. The van der Waals surface area contributed by atoms with E-state index >= 15 is 0 Å². The monoisotopic (exact) mass is 306 g/mol. The number of oxazole rings is 1. The van der Waals surface area contributed by atoms with E-state index in [9.17, 15) is 0 Å². The summed E-state index contributed by atoms with van der Waals surface area (Å²) in [5, 5.41) is 3.28. The first kappa shape index (κ1) is 14.7. The Bertz CT molecular complexity index is 552. The number of likely N-dealkylation sites (tertiary alicyclic amines) is 1. The van der Waals surface area contributed by atoms with Crippen LogP contribution < -0.4 is 0 Å². The normalized spacial score (nSPS) is 19.7. The quantitative estimate of drug-likeness (QED) is 0.849. The van der Waals surface area contributed by atoms with Crippen LogP contribution in [0.3, 0.4) is 0 Å². The maximum absolute atomic E-state index is 5.66. The van der Waals surface area contributed by atoms with Gasteiger partial charge in [-0.3, -0.25) is 4.90 Å². The van der Waals surface area contributed by atoms with E-state index in [0.717, 1.165) is 48.5 Å². The molecule has 114 valence electrons. The fourth-order valence-electron chi connectivity index (χ4n) is 2.86. The van der Waals surface area contributed by atoms with Crippen LogP contribution in [0.4, 0.5) is 0 Å². The van der Waals surface area contributed by atoms with E-state index in [1.807, 2.05) is 6.92 Å². The maximum Gasteiger partial charge on any atom is 0.208 e. The van der Waals surface area contributed by atoms with Gasteiger partial charge in [0, 0.05) is 24.5 Å². The highest BCUT2D eigenvalue weighted by Gasteiger charge is 2.27. The second-order valence-electron chi connectivity index (χ2n) is 5.83. The summed E-state index contributed by atoms with van der Waals surface area (Å²) in [5.41, 5.74) is 1.15. The highest BCUT2D eigenvalue weighted by Crippen LogP contribution is 2.20. The topological polar surface area (TPSA) is 45.4 Å². The lowest BCUT2D eigenvalue weighted by molar-refractivity contribution is 0.161. The van der Waals surface area contributed by atoms with Crippen LogP contribution in [0.5, 0.6) is 0 Å². The van der Waals surface area contributed by atoms with E-state index in [-0.39, 0.29) is 0 Å². The average Bonchev–Trinajstić information content (AvgIpc) is 3.12. The van der Waals surface area contributed by atoms with Gasteiger partial charge in [-0.1, -0.05) is 0 Å². The predicted octanol–water partition coefficient (Wildman–Crippen LogP) is 2.45. The SMILES string of the molecule is Cc1cnc(CN(Cc2csc(C)n2)[C@H]2CCN(C)C2)o1. The zero-order valence-corrected chi connectivity index (χ0v) is 13.7. The molecule has 1 atom stereocenters. The molecule has 0 N–H and O–H groups in total. The maximum atomic E-state index is 5.66. The number of aryl methyl sites for hydroxylation is 2. The first-order valence-electron chi connectivity index (χ1n) is 7.35. The lowest BCUT2D eigenvalue weighted by Gasteiger charge is -2.26. The minimum absolute atomic E-state index is 0.546. The van der Waals surface area contributed by atoms with Crippen molar-refractivity contribution >= 4 is 11.3 Å². The van der Waals surface area contributed by atoms with Crippen molar-refractivity contribution in [2.24, 2.45) is 0 Å². The lowest BCUT2D eigenvalue weighted by Crippen LogP contribution is -2.36. The van der Waals surface area contributed by atoms with Crippen molar-refractivity contribution in [1.82, 2.24) is 19.8 Å². The predicted molar refractivity (Wildman–Crippen MR) is 83.2 cm³/mol. The van der Waals surface area contributed by atoms with Gasteiger partial charge in [0.25, 0.3) is 0 Å². The molecule has 0 radical (unpaired) electrons. The summed E-state index contributed by atoms with van der Waals surface area (Å²) in [4.78, 5) is 13.8. The van der Waals surface area contributed by atoms with Crippen molar-refractivity contribution in [2.45, 2.75) is 39.4 Å². The van der Waals surface area contributed by atoms with Crippen LogP contribution >= 0.6 is 11.3 Å². The van der Waals surface area contributed by atoms with E-state index in [2.05, 4.69) is 39.1 Å². The Balaban J connectivity index is 1.73. The number of thiazole rings is 1. The second-order valence-corrected chi connectivity index (χ2v) is 6.89. The van der Waals surface area contributed by atoms with Crippen LogP contribution in [-0.4, -0.2) is 45.9 Å². The third kappa shape index (κ3) is 3.70. The molecular weight excluding hydrogens is 284 g/mol. The molecule has 0 aromatic carbocycles. The molecule has 0 saturated carbocycles. The third-order valence-electron chi connectivity index (χ3n) is 3.92. The zero-order valence-electron chi connectivity index (χ0n) is 12.9. The van der Waals surface area contributed by atoms with Gasteiger partial charge in [-0.15, -0.1) is 11.3 Å². The van der Waals surface area contributed by atoms with Crippen LogP contribution in [-0.2, 0) is 13.1 Å². The molecule has 2 aromatic heterocycles. The molecule has 0 bridgehead atoms. The van der Waals surface area contributed by atoms with Gasteiger partial charge in [0.15, 0.2) is 0 Å². The average molecular weight is 306 g/mol. The van der Waals surface area contributed by atoms with Crippen molar-refractivity contribution in [2.75, 3.05) is 20.1 Å². The van der Waals surface area contributed by atoms with E-state index in [4.69, 9.17) is 4.42 Å². The van der Waals surface area contributed by atoms with Crippen molar-refractivity contribution < 1.29 is 4.42 Å². The second kappa shape index (κ2) is 6.25. The summed E-state index contributed by atoms with van der Waals surface area (Å²) < 4.78 is 5.66. The van der Waals surface area contributed by atoms with E-state index in [1.54, 1.807) is 17.5 Å². The smallest absolute Gasteiger partial charge is 0.208 e.